The van der Waals surface area contributed by atoms with Crippen molar-refractivity contribution in [1.29, 1.82) is 0 Å². The molecule has 3 rings (SSSR count). The Hall–Kier alpha value is -1.08. The van der Waals surface area contributed by atoms with Crippen LogP contribution in [0.1, 0.15) is 5.69 Å². The zero-order valence-electron chi connectivity index (χ0n) is 7.48. The molecule has 0 saturated heterocycles. The van der Waals surface area contributed by atoms with Crippen molar-refractivity contribution in [2.24, 2.45) is 0 Å². The number of fused-ring (bicyclic) bond motifs is 3. The van der Waals surface area contributed by atoms with Crippen LogP contribution in [0.15, 0.2) is 28.8 Å². The fourth-order valence-electron chi connectivity index (χ4n) is 1.63. The summed E-state index contributed by atoms with van der Waals surface area (Å²) in [6.07, 6.45) is 0. The molecule has 0 unspecified atom stereocenters. The molecular weight excluding hydrogens is 359 g/mol. The second-order valence-electron chi connectivity index (χ2n) is 3.14. The molecule has 0 atom stereocenters. The van der Waals surface area contributed by atoms with Crippen LogP contribution in [-0.2, 0) is 21.1 Å². The van der Waals surface area contributed by atoms with Crippen molar-refractivity contribution < 1.29 is 25.6 Å². The van der Waals surface area contributed by atoms with Gasteiger partial charge in [0.2, 0.25) is 0 Å². The average molecular weight is 367 g/mol. The molecule has 74 valence electrons. The Morgan fingerprint density at radius 3 is 2.93 bits per heavy atom. The summed E-state index contributed by atoms with van der Waals surface area (Å²) in [5.41, 5.74) is 3.86. The van der Waals surface area contributed by atoms with Gasteiger partial charge in [0.05, 0.1) is 0 Å². The zero-order valence-corrected chi connectivity index (χ0v) is 9.75. The number of aryl methyl sites for hydroxylation is 1. The van der Waals surface area contributed by atoms with Gasteiger partial charge in [0, 0.05) is 32.0 Å². The van der Waals surface area contributed by atoms with Crippen LogP contribution in [0.3, 0.4) is 0 Å². The van der Waals surface area contributed by atoms with Gasteiger partial charge >= 0.3 is 0 Å². The molecule has 2 heterocycles. The Kier molecular flexibility index (Phi) is 2.20. The summed E-state index contributed by atoms with van der Waals surface area (Å²) in [5, 5.41) is 5.00. The predicted octanol–water partition coefficient (Wildman–Crippen LogP) is 2.62. The molecule has 1 aromatic carbocycles. The van der Waals surface area contributed by atoms with E-state index in [-0.39, 0.29) is 21.1 Å². The Bertz CT molecular complexity index is 582. The average Bonchev–Trinajstić information content (AvgIpc) is 2.67. The van der Waals surface area contributed by atoms with Crippen LogP contribution < -0.4 is 0 Å². The number of aromatic nitrogens is 2. The number of aromatic amines is 1. The largest absolute Gasteiger partial charge is 0.354 e. The van der Waals surface area contributed by atoms with E-state index in [1.165, 1.54) is 0 Å². The number of para-hydroxylation sites is 1. The van der Waals surface area contributed by atoms with Crippen molar-refractivity contribution in [3.63, 3.8) is 0 Å². The molecule has 0 aliphatic rings. The Morgan fingerprint density at radius 2 is 2.07 bits per heavy atom. The molecule has 0 aliphatic carbocycles. The van der Waals surface area contributed by atoms with Crippen molar-refractivity contribution in [3.05, 3.63) is 30.0 Å². The second kappa shape index (κ2) is 3.25. The van der Waals surface area contributed by atoms with E-state index >= 15 is 0 Å². The third-order valence-electron chi connectivity index (χ3n) is 2.29. The smallest absolute Gasteiger partial charge is 0.192 e. The molecule has 0 bridgehead atoms. The number of nitrogens with one attached hydrogen (secondary N) is 1. The summed E-state index contributed by atoms with van der Waals surface area (Å²) in [4.78, 5) is 3.27. The number of H-pyrrole nitrogens is 1. The van der Waals surface area contributed by atoms with Crippen molar-refractivity contribution >= 4 is 22.0 Å². The molecule has 1 N–H and O–H groups in total. The molecule has 0 amide bonds. The van der Waals surface area contributed by atoms with Gasteiger partial charge in [0.1, 0.15) is 11.2 Å². The molecule has 0 fully saturated rings. The van der Waals surface area contributed by atoms with Gasteiger partial charge in [-0.2, -0.15) is 0 Å². The summed E-state index contributed by atoms with van der Waals surface area (Å²) in [6, 6.07) is 8.05. The predicted molar refractivity (Wildman–Crippen MR) is 50.6 cm³/mol. The first-order valence-corrected chi connectivity index (χ1v) is 4.19. The first-order valence-electron chi connectivity index (χ1n) is 4.19. The second-order valence-corrected chi connectivity index (χ2v) is 3.14. The van der Waals surface area contributed by atoms with Crippen LogP contribution in [0.2, 0.25) is 0 Å². The first-order chi connectivity index (χ1) is 6.36. The van der Waals surface area contributed by atoms with Crippen LogP contribution in [0, 0.1) is 6.92 Å². The maximum Gasteiger partial charge on any atom is 0.192 e. The summed E-state index contributed by atoms with van der Waals surface area (Å²) in [5.74, 6) is 0. The van der Waals surface area contributed by atoms with Gasteiger partial charge in [-0.25, -0.2) is 0 Å². The van der Waals surface area contributed by atoms with E-state index in [1.54, 1.807) is 0 Å². The number of nitrogens with zero attached hydrogens (tertiary/aromatic N) is 1. The molecule has 0 radical (unpaired) electrons. The zero-order chi connectivity index (χ0) is 8.84. The van der Waals surface area contributed by atoms with E-state index in [1.807, 2.05) is 31.2 Å². The van der Waals surface area contributed by atoms with Crippen molar-refractivity contribution in [2.45, 2.75) is 6.92 Å². The van der Waals surface area contributed by atoms with Gasteiger partial charge in [0.25, 0.3) is 0 Å². The minimum atomic E-state index is 0. The van der Waals surface area contributed by atoms with Crippen molar-refractivity contribution in [2.75, 3.05) is 0 Å². The standard InChI is InChI=1S/C10H8N2O.Pt/c1-6-9-10(13-12-6)7-4-2-3-5-8(7)11-9;/h2-5,11H,1H3;. The van der Waals surface area contributed by atoms with Gasteiger partial charge in [-0.1, -0.05) is 17.3 Å². The van der Waals surface area contributed by atoms with Crippen LogP contribution in [0.25, 0.3) is 22.0 Å². The molecule has 0 saturated carbocycles. The number of hydrogen-bond donors (Lipinski definition) is 1. The van der Waals surface area contributed by atoms with E-state index < -0.39 is 0 Å². The van der Waals surface area contributed by atoms with Gasteiger partial charge in [-0.15, -0.1) is 0 Å². The minimum Gasteiger partial charge on any atom is -0.354 e. The van der Waals surface area contributed by atoms with E-state index in [0.29, 0.717) is 0 Å². The van der Waals surface area contributed by atoms with Gasteiger partial charge in [-0.05, 0) is 19.1 Å². The fourth-order valence-corrected chi connectivity index (χ4v) is 1.63. The number of rotatable bonds is 0. The normalized spacial score (nSPS) is 10.6. The van der Waals surface area contributed by atoms with E-state index in [2.05, 4.69) is 10.1 Å². The quantitative estimate of drug-likeness (QED) is 0.664. The van der Waals surface area contributed by atoms with Crippen LogP contribution in [0.5, 0.6) is 0 Å². The fraction of sp³-hybridized carbons (Fsp3) is 0.100. The Balaban J connectivity index is 0.000000750. The Labute approximate surface area is 94.7 Å². The molecule has 14 heavy (non-hydrogen) atoms. The minimum absolute atomic E-state index is 0. The first kappa shape index (κ1) is 9.47. The van der Waals surface area contributed by atoms with Crippen molar-refractivity contribution in [3.8, 4) is 0 Å². The molecule has 2 aromatic heterocycles. The summed E-state index contributed by atoms with van der Waals surface area (Å²) in [7, 11) is 0. The maximum atomic E-state index is 5.22. The third-order valence-corrected chi connectivity index (χ3v) is 2.29. The SMILES string of the molecule is Cc1noc2c1[nH]c1ccccc12.[Pt]. The monoisotopic (exact) mass is 367 g/mol. The molecular formula is C10H8N2OPt. The van der Waals surface area contributed by atoms with Crippen LogP contribution in [-0.4, -0.2) is 10.1 Å². The summed E-state index contributed by atoms with van der Waals surface area (Å²) in [6.45, 7) is 1.93. The summed E-state index contributed by atoms with van der Waals surface area (Å²) >= 11 is 0. The van der Waals surface area contributed by atoms with E-state index in [4.69, 9.17) is 4.52 Å². The number of hydrogen-bond acceptors (Lipinski definition) is 2. The van der Waals surface area contributed by atoms with E-state index in [9.17, 15) is 0 Å². The van der Waals surface area contributed by atoms with Crippen LogP contribution >= 0.6 is 0 Å². The third kappa shape index (κ3) is 1.12. The Morgan fingerprint density at radius 1 is 1.29 bits per heavy atom. The maximum absolute atomic E-state index is 5.22. The van der Waals surface area contributed by atoms with Gasteiger partial charge in [-0.3, -0.25) is 0 Å². The topological polar surface area (TPSA) is 41.8 Å². The molecule has 0 spiro atoms. The van der Waals surface area contributed by atoms with Crippen LogP contribution in [0.4, 0.5) is 0 Å². The molecule has 3 aromatic rings. The molecule has 0 aliphatic heterocycles. The van der Waals surface area contributed by atoms with E-state index in [0.717, 1.165) is 27.7 Å². The van der Waals surface area contributed by atoms with Crippen molar-refractivity contribution in [1.82, 2.24) is 10.1 Å². The molecule has 3 nitrogen and oxygen atoms in total. The van der Waals surface area contributed by atoms with Gasteiger partial charge < -0.3 is 9.51 Å². The van der Waals surface area contributed by atoms with Gasteiger partial charge in [0.15, 0.2) is 5.58 Å². The number of benzene rings is 1. The molecule has 4 heteroatoms. The summed E-state index contributed by atoms with van der Waals surface area (Å²) < 4.78 is 5.22.